The molecule has 0 radical (unpaired) electrons. The summed E-state index contributed by atoms with van der Waals surface area (Å²) in [5.74, 6) is 1.68. The lowest BCUT2D eigenvalue weighted by Gasteiger charge is -2.40. The largest absolute Gasteiger partial charge is 0.486 e. The highest BCUT2D eigenvalue weighted by molar-refractivity contribution is 5.65. The van der Waals surface area contributed by atoms with Crippen LogP contribution in [-0.4, -0.2) is 19.8 Å². The zero-order valence-electron chi connectivity index (χ0n) is 17.1. The molecule has 0 spiro atoms. The average Bonchev–Trinajstić information content (AvgIpc) is 3.23. The van der Waals surface area contributed by atoms with E-state index in [2.05, 4.69) is 52.1 Å². The first-order valence-corrected chi connectivity index (χ1v) is 10.8. The highest BCUT2D eigenvalue weighted by Crippen LogP contribution is 2.49. The van der Waals surface area contributed by atoms with Crippen molar-refractivity contribution in [2.75, 3.05) is 24.7 Å². The Labute approximate surface area is 180 Å². The predicted molar refractivity (Wildman–Crippen MR) is 117 cm³/mol. The van der Waals surface area contributed by atoms with Gasteiger partial charge < -0.3 is 14.4 Å². The van der Waals surface area contributed by atoms with Crippen molar-refractivity contribution in [3.63, 3.8) is 0 Å². The number of halogens is 1. The molecule has 0 bridgehead atoms. The SMILES string of the molecule is Fc1ccc(C2NNC3c4cc5c(cc4N(Cc4ccccc4)CC23)OCCO5)cc1. The Bertz CT molecular complexity index is 1090. The van der Waals surface area contributed by atoms with Gasteiger partial charge in [0.05, 0.1) is 12.1 Å². The third-order valence-corrected chi connectivity index (χ3v) is 6.49. The molecular weight excluding hydrogens is 393 g/mol. The topological polar surface area (TPSA) is 45.8 Å². The Morgan fingerprint density at radius 1 is 0.871 bits per heavy atom. The van der Waals surface area contributed by atoms with Crippen LogP contribution in [0.25, 0.3) is 0 Å². The van der Waals surface area contributed by atoms with Gasteiger partial charge in [-0.15, -0.1) is 0 Å². The van der Waals surface area contributed by atoms with Gasteiger partial charge in [-0.2, -0.15) is 0 Å². The van der Waals surface area contributed by atoms with E-state index in [0.29, 0.717) is 13.2 Å². The lowest BCUT2D eigenvalue weighted by molar-refractivity contribution is 0.171. The number of hydrazine groups is 1. The normalized spacial score (nSPS) is 23.9. The van der Waals surface area contributed by atoms with Crippen LogP contribution in [-0.2, 0) is 6.54 Å². The molecule has 3 unspecified atom stereocenters. The summed E-state index contributed by atoms with van der Waals surface area (Å²) in [7, 11) is 0. The second kappa shape index (κ2) is 7.55. The summed E-state index contributed by atoms with van der Waals surface area (Å²) in [6.07, 6.45) is 0. The maximum absolute atomic E-state index is 13.5. The first kappa shape index (κ1) is 18.7. The molecule has 158 valence electrons. The number of hydrogen-bond acceptors (Lipinski definition) is 5. The quantitative estimate of drug-likeness (QED) is 0.671. The molecule has 1 fully saturated rings. The van der Waals surface area contributed by atoms with Gasteiger partial charge >= 0.3 is 0 Å². The van der Waals surface area contributed by atoms with Crippen LogP contribution in [0.15, 0.2) is 66.7 Å². The number of nitrogens with zero attached hydrogens (tertiary/aromatic N) is 1. The molecule has 0 aromatic heterocycles. The molecule has 5 nitrogen and oxygen atoms in total. The Morgan fingerprint density at radius 2 is 1.58 bits per heavy atom. The molecule has 1 saturated heterocycles. The van der Waals surface area contributed by atoms with Gasteiger partial charge in [0.1, 0.15) is 19.0 Å². The van der Waals surface area contributed by atoms with Gasteiger partial charge in [-0.05, 0) is 34.9 Å². The number of hydrogen-bond donors (Lipinski definition) is 2. The fourth-order valence-electron chi connectivity index (χ4n) is 5.03. The van der Waals surface area contributed by atoms with E-state index in [1.54, 1.807) is 0 Å². The van der Waals surface area contributed by atoms with E-state index in [1.165, 1.54) is 28.9 Å². The molecule has 0 amide bonds. The third kappa shape index (κ3) is 3.32. The highest BCUT2D eigenvalue weighted by atomic mass is 19.1. The minimum atomic E-state index is -0.213. The van der Waals surface area contributed by atoms with Gasteiger partial charge in [-0.1, -0.05) is 42.5 Å². The number of benzene rings is 3. The lowest BCUT2D eigenvalue weighted by Crippen LogP contribution is -2.39. The van der Waals surface area contributed by atoms with Crippen LogP contribution in [0.1, 0.15) is 28.8 Å². The van der Waals surface area contributed by atoms with Crippen LogP contribution in [0.3, 0.4) is 0 Å². The van der Waals surface area contributed by atoms with Crippen LogP contribution in [0.5, 0.6) is 11.5 Å². The Kier molecular flexibility index (Phi) is 4.55. The number of rotatable bonds is 3. The van der Waals surface area contributed by atoms with Crippen molar-refractivity contribution >= 4 is 5.69 Å². The van der Waals surface area contributed by atoms with Crippen molar-refractivity contribution in [2.45, 2.75) is 18.6 Å². The minimum Gasteiger partial charge on any atom is -0.486 e. The van der Waals surface area contributed by atoms with E-state index in [9.17, 15) is 4.39 Å². The number of anilines is 1. The number of nitrogens with one attached hydrogen (secondary N) is 2. The van der Waals surface area contributed by atoms with Gasteiger partial charge in [-0.25, -0.2) is 15.2 Å². The Balaban J connectivity index is 1.41. The molecule has 3 aliphatic heterocycles. The standard InChI is InChI=1S/C25H24FN3O2/c26-18-8-6-17(7-9-18)24-20-15-29(14-16-4-2-1-3-5-16)21-13-23-22(30-10-11-31-23)12-19(21)25(20)28-27-24/h1-9,12-13,20,24-25,27-28H,10-11,14-15H2. The fraction of sp³-hybridized carbons (Fsp3) is 0.280. The van der Waals surface area contributed by atoms with E-state index in [-0.39, 0.29) is 23.8 Å². The zero-order valence-corrected chi connectivity index (χ0v) is 17.1. The van der Waals surface area contributed by atoms with Crippen LogP contribution in [0, 0.1) is 11.7 Å². The van der Waals surface area contributed by atoms with Crippen LogP contribution in [0.2, 0.25) is 0 Å². The molecule has 0 aliphatic carbocycles. The van der Waals surface area contributed by atoms with E-state index < -0.39 is 0 Å². The molecular formula is C25H24FN3O2. The maximum Gasteiger partial charge on any atom is 0.163 e. The fourth-order valence-corrected chi connectivity index (χ4v) is 5.03. The van der Waals surface area contributed by atoms with Gasteiger partial charge in [0, 0.05) is 30.8 Å². The summed E-state index contributed by atoms with van der Waals surface area (Å²) >= 11 is 0. The van der Waals surface area contributed by atoms with Gasteiger partial charge in [0.25, 0.3) is 0 Å². The van der Waals surface area contributed by atoms with E-state index in [1.807, 2.05) is 18.2 Å². The van der Waals surface area contributed by atoms with Crippen molar-refractivity contribution in [1.29, 1.82) is 0 Å². The molecule has 3 aliphatic rings. The third-order valence-electron chi connectivity index (χ3n) is 6.49. The molecule has 6 heteroatoms. The molecule has 3 heterocycles. The minimum absolute atomic E-state index is 0.0882. The van der Waals surface area contributed by atoms with Crippen LogP contribution in [0.4, 0.5) is 10.1 Å². The smallest absolute Gasteiger partial charge is 0.163 e. The van der Waals surface area contributed by atoms with Crippen molar-refractivity contribution in [2.24, 2.45) is 5.92 Å². The molecule has 2 N–H and O–H groups in total. The highest BCUT2D eigenvalue weighted by Gasteiger charge is 2.44. The Morgan fingerprint density at radius 3 is 2.35 bits per heavy atom. The van der Waals surface area contributed by atoms with E-state index >= 15 is 0 Å². The van der Waals surface area contributed by atoms with Crippen molar-refractivity contribution in [3.8, 4) is 11.5 Å². The van der Waals surface area contributed by atoms with E-state index in [4.69, 9.17) is 9.47 Å². The summed E-state index contributed by atoms with van der Waals surface area (Å²) in [5, 5.41) is 0. The summed E-state index contributed by atoms with van der Waals surface area (Å²) in [6, 6.07) is 21.8. The molecule has 31 heavy (non-hydrogen) atoms. The molecule has 3 aromatic carbocycles. The molecule has 6 rings (SSSR count). The second-order valence-corrected chi connectivity index (χ2v) is 8.38. The van der Waals surface area contributed by atoms with E-state index in [0.717, 1.165) is 30.2 Å². The molecule has 3 aromatic rings. The summed E-state index contributed by atoms with van der Waals surface area (Å²) in [4.78, 5) is 2.43. The zero-order chi connectivity index (χ0) is 20.8. The van der Waals surface area contributed by atoms with Crippen molar-refractivity contribution < 1.29 is 13.9 Å². The average molecular weight is 417 g/mol. The van der Waals surface area contributed by atoms with Gasteiger partial charge in [0.15, 0.2) is 11.5 Å². The number of fused-ring (bicyclic) bond motifs is 4. The first-order chi connectivity index (χ1) is 15.3. The molecule has 3 atom stereocenters. The van der Waals surface area contributed by atoms with Gasteiger partial charge in [-0.3, -0.25) is 0 Å². The second-order valence-electron chi connectivity index (χ2n) is 8.38. The number of ether oxygens (including phenoxy) is 2. The maximum atomic E-state index is 13.5. The van der Waals surface area contributed by atoms with Crippen LogP contribution < -0.4 is 25.2 Å². The van der Waals surface area contributed by atoms with Gasteiger partial charge in [0.2, 0.25) is 0 Å². The summed E-state index contributed by atoms with van der Waals surface area (Å²) in [5.41, 5.74) is 11.7. The first-order valence-electron chi connectivity index (χ1n) is 10.8. The van der Waals surface area contributed by atoms with Crippen molar-refractivity contribution in [1.82, 2.24) is 10.9 Å². The monoisotopic (exact) mass is 417 g/mol. The summed E-state index contributed by atoms with van der Waals surface area (Å²) < 4.78 is 25.3. The Hall–Kier alpha value is -3.09. The van der Waals surface area contributed by atoms with Crippen LogP contribution >= 0.6 is 0 Å². The molecule has 0 saturated carbocycles. The lowest BCUT2D eigenvalue weighted by atomic mass is 9.81. The van der Waals surface area contributed by atoms with Crippen molar-refractivity contribution in [3.05, 3.63) is 89.2 Å². The predicted octanol–water partition coefficient (Wildman–Crippen LogP) is 4.12. The summed E-state index contributed by atoms with van der Waals surface area (Å²) in [6.45, 7) is 2.82.